The lowest BCUT2D eigenvalue weighted by atomic mass is 10.1. The summed E-state index contributed by atoms with van der Waals surface area (Å²) in [7, 11) is 0. The standard InChI is InChI=1S/C15H9FN4/c16-15-10(2-1-4-18-15)9-6-13-14(19-7-9)11-8-17-5-3-12(11)20-13/h1-8,20H. The Kier molecular flexibility index (Phi) is 2.26. The Bertz CT molecular complexity index is 929. The number of nitrogens with zero attached hydrogens (tertiary/aromatic N) is 3. The van der Waals surface area contributed by atoms with E-state index >= 15 is 0 Å². The maximum Gasteiger partial charge on any atom is 0.220 e. The second-order valence-corrected chi connectivity index (χ2v) is 4.51. The van der Waals surface area contributed by atoms with Crippen LogP contribution in [0.5, 0.6) is 0 Å². The van der Waals surface area contributed by atoms with Crippen LogP contribution < -0.4 is 0 Å². The summed E-state index contributed by atoms with van der Waals surface area (Å²) >= 11 is 0. The molecule has 0 aromatic carbocycles. The van der Waals surface area contributed by atoms with Crippen molar-refractivity contribution < 1.29 is 4.39 Å². The van der Waals surface area contributed by atoms with Crippen LogP contribution in [0.2, 0.25) is 0 Å². The predicted octanol–water partition coefficient (Wildman–Crippen LogP) is 3.31. The van der Waals surface area contributed by atoms with Gasteiger partial charge in [0.1, 0.15) is 0 Å². The molecule has 0 aliphatic carbocycles. The van der Waals surface area contributed by atoms with Crippen LogP contribution in [0.25, 0.3) is 33.1 Å². The lowest BCUT2D eigenvalue weighted by molar-refractivity contribution is 0.587. The maximum atomic E-state index is 13.7. The molecule has 0 fully saturated rings. The zero-order valence-electron chi connectivity index (χ0n) is 10.3. The predicted molar refractivity (Wildman–Crippen MR) is 74.6 cm³/mol. The first kappa shape index (κ1) is 11.0. The maximum absolute atomic E-state index is 13.7. The van der Waals surface area contributed by atoms with E-state index in [0.717, 1.165) is 21.9 Å². The summed E-state index contributed by atoms with van der Waals surface area (Å²) in [5.41, 5.74) is 3.79. The number of halogens is 1. The minimum absolute atomic E-state index is 0.443. The summed E-state index contributed by atoms with van der Waals surface area (Å²) < 4.78 is 13.7. The Balaban J connectivity index is 2.00. The Morgan fingerprint density at radius 2 is 1.95 bits per heavy atom. The van der Waals surface area contributed by atoms with Crippen LogP contribution in [0.4, 0.5) is 4.39 Å². The van der Waals surface area contributed by atoms with Gasteiger partial charge >= 0.3 is 0 Å². The van der Waals surface area contributed by atoms with Crippen LogP contribution in [0, 0.1) is 5.95 Å². The van der Waals surface area contributed by atoms with Gasteiger partial charge in [0, 0.05) is 41.3 Å². The molecule has 20 heavy (non-hydrogen) atoms. The molecule has 1 N–H and O–H groups in total. The summed E-state index contributed by atoms with van der Waals surface area (Å²) in [6.07, 6.45) is 6.58. The lowest BCUT2D eigenvalue weighted by Gasteiger charge is -2.01. The van der Waals surface area contributed by atoms with Crippen molar-refractivity contribution in [3.8, 4) is 11.1 Å². The average molecular weight is 264 g/mol. The van der Waals surface area contributed by atoms with Crippen LogP contribution in [0.1, 0.15) is 0 Å². The molecule has 4 nitrogen and oxygen atoms in total. The highest BCUT2D eigenvalue weighted by Crippen LogP contribution is 2.27. The van der Waals surface area contributed by atoms with Gasteiger partial charge in [-0.25, -0.2) is 4.98 Å². The Morgan fingerprint density at radius 3 is 2.85 bits per heavy atom. The fraction of sp³-hybridized carbons (Fsp3) is 0. The molecule has 0 spiro atoms. The van der Waals surface area contributed by atoms with Gasteiger partial charge in [-0.3, -0.25) is 9.97 Å². The summed E-state index contributed by atoms with van der Waals surface area (Å²) in [5.74, 6) is -0.494. The number of aromatic amines is 1. The molecule has 0 radical (unpaired) electrons. The molecule has 5 heteroatoms. The molecule has 0 aliphatic rings. The summed E-state index contributed by atoms with van der Waals surface area (Å²) in [4.78, 5) is 15.4. The highest BCUT2D eigenvalue weighted by molar-refractivity contribution is 6.05. The van der Waals surface area contributed by atoms with E-state index in [1.165, 1.54) is 6.20 Å². The van der Waals surface area contributed by atoms with Gasteiger partial charge in [0.05, 0.1) is 16.6 Å². The molecule has 0 aliphatic heterocycles. The minimum Gasteiger partial charge on any atom is -0.353 e. The zero-order chi connectivity index (χ0) is 13.5. The fourth-order valence-corrected chi connectivity index (χ4v) is 2.36. The molecule has 4 rings (SSSR count). The second kappa shape index (κ2) is 4.09. The number of H-pyrrole nitrogens is 1. The number of nitrogens with one attached hydrogen (secondary N) is 1. The third kappa shape index (κ3) is 1.56. The molecule has 4 heterocycles. The highest BCUT2D eigenvalue weighted by atomic mass is 19.1. The van der Waals surface area contributed by atoms with E-state index in [-0.39, 0.29) is 0 Å². The molecule has 4 aromatic rings. The van der Waals surface area contributed by atoms with Crippen molar-refractivity contribution in [2.45, 2.75) is 0 Å². The van der Waals surface area contributed by atoms with Crippen LogP contribution in [0.3, 0.4) is 0 Å². The van der Waals surface area contributed by atoms with Gasteiger partial charge in [0.25, 0.3) is 0 Å². The van der Waals surface area contributed by atoms with Crippen LogP contribution in [0.15, 0.2) is 49.1 Å². The Morgan fingerprint density at radius 1 is 1.00 bits per heavy atom. The molecule has 0 saturated carbocycles. The van der Waals surface area contributed by atoms with Gasteiger partial charge in [-0.05, 0) is 24.3 Å². The highest BCUT2D eigenvalue weighted by Gasteiger charge is 2.10. The van der Waals surface area contributed by atoms with Crippen LogP contribution >= 0.6 is 0 Å². The average Bonchev–Trinajstić information content (AvgIpc) is 2.85. The third-order valence-corrected chi connectivity index (χ3v) is 3.30. The van der Waals surface area contributed by atoms with Crippen molar-refractivity contribution in [3.63, 3.8) is 0 Å². The van der Waals surface area contributed by atoms with Gasteiger partial charge in [0.15, 0.2) is 0 Å². The van der Waals surface area contributed by atoms with Gasteiger partial charge in [-0.1, -0.05) is 0 Å². The monoisotopic (exact) mass is 264 g/mol. The Labute approximate surface area is 113 Å². The molecule has 0 unspecified atom stereocenters. The van der Waals surface area contributed by atoms with Crippen molar-refractivity contribution in [1.82, 2.24) is 19.9 Å². The normalized spacial score (nSPS) is 11.2. The zero-order valence-corrected chi connectivity index (χ0v) is 10.3. The minimum atomic E-state index is -0.494. The third-order valence-electron chi connectivity index (χ3n) is 3.30. The number of rotatable bonds is 1. The molecular weight excluding hydrogens is 255 g/mol. The summed E-state index contributed by atoms with van der Waals surface area (Å²) in [5, 5.41) is 0.959. The number of hydrogen-bond acceptors (Lipinski definition) is 3. The fourth-order valence-electron chi connectivity index (χ4n) is 2.36. The van der Waals surface area contributed by atoms with Crippen molar-refractivity contribution in [2.24, 2.45) is 0 Å². The topological polar surface area (TPSA) is 54.5 Å². The van der Waals surface area contributed by atoms with Crippen LogP contribution in [-0.4, -0.2) is 19.9 Å². The first-order chi connectivity index (χ1) is 9.83. The van der Waals surface area contributed by atoms with Crippen molar-refractivity contribution >= 4 is 21.9 Å². The van der Waals surface area contributed by atoms with Crippen molar-refractivity contribution in [2.75, 3.05) is 0 Å². The summed E-state index contributed by atoms with van der Waals surface area (Å²) in [6.45, 7) is 0. The lowest BCUT2D eigenvalue weighted by Crippen LogP contribution is -1.88. The quantitative estimate of drug-likeness (QED) is 0.536. The van der Waals surface area contributed by atoms with Gasteiger partial charge in [-0.15, -0.1) is 0 Å². The van der Waals surface area contributed by atoms with E-state index in [9.17, 15) is 4.39 Å². The number of pyridine rings is 3. The molecule has 4 aromatic heterocycles. The first-order valence-corrected chi connectivity index (χ1v) is 6.15. The molecule has 0 bridgehead atoms. The van der Waals surface area contributed by atoms with E-state index in [0.29, 0.717) is 11.1 Å². The molecule has 0 saturated heterocycles. The van der Waals surface area contributed by atoms with E-state index in [2.05, 4.69) is 19.9 Å². The van der Waals surface area contributed by atoms with Crippen LogP contribution in [-0.2, 0) is 0 Å². The van der Waals surface area contributed by atoms with Crippen molar-refractivity contribution in [3.05, 3.63) is 55.0 Å². The number of fused-ring (bicyclic) bond motifs is 3. The van der Waals surface area contributed by atoms with E-state index < -0.39 is 5.95 Å². The van der Waals surface area contributed by atoms with E-state index in [1.54, 1.807) is 30.7 Å². The van der Waals surface area contributed by atoms with Crippen molar-refractivity contribution in [1.29, 1.82) is 0 Å². The molecular formula is C15H9FN4. The summed E-state index contributed by atoms with van der Waals surface area (Å²) in [6, 6.07) is 7.16. The molecule has 0 atom stereocenters. The first-order valence-electron chi connectivity index (χ1n) is 6.15. The Hall–Kier alpha value is -2.82. The van der Waals surface area contributed by atoms with Gasteiger partial charge in [0.2, 0.25) is 5.95 Å². The number of hydrogen-bond donors (Lipinski definition) is 1. The van der Waals surface area contributed by atoms with E-state index in [1.807, 2.05) is 12.1 Å². The SMILES string of the molecule is Fc1ncccc1-c1cnc2c(c1)[nH]c1ccncc12. The molecule has 96 valence electrons. The second-order valence-electron chi connectivity index (χ2n) is 4.51. The van der Waals surface area contributed by atoms with Gasteiger partial charge < -0.3 is 4.98 Å². The van der Waals surface area contributed by atoms with Gasteiger partial charge in [-0.2, -0.15) is 4.39 Å². The number of aromatic nitrogens is 4. The molecule has 0 amide bonds. The smallest absolute Gasteiger partial charge is 0.220 e. The largest absolute Gasteiger partial charge is 0.353 e. The van der Waals surface area contributed by atoms with E-state index in [4.69, 9.17) is 0 Å².